The molecule has 2 aromatic carbocycles. The summed E-state index contributed by atoms with van der Waals surface area (Å²) in [7, 11) is 0. The second-order valence-corrected chi connectivity index (χ2v) is 6.22. The Bertz CT molecular complexity index is 611. The molecular weight excluding hydrogens is 296 g/mol. The number of rotatable bonds is 4. The minimum absolute atomic E-state index is 0.251. The largest absolute Gasteiger partial charge is 0.325 e. The predicted molar refractivity (Wildman–Crippen MR) is 82.9 cm³/mol. The molecule has 0 aromatic heterocycles. The number of hydrogen-bond acceptors (Lipinski definition) is 1. The first-order valence-corrected chi connectivity index (χ1v) is 7.09. The van der Waals surface area contributed by atoms with Crippen molar-refractivity contribution >= 4 is 23.2 Å². The maximum atomic E-state index is 13.2. The van der Waals surface area contributed by atoms with Gasteiger partial charge in [0.05, 0.1) is 0 Å². The molecule has 0 fully saturated rings. The summed E-state index contributed by atoms with van der Waals surface area (Å²) in [5.74, 6) is -0.251. The van der Waals surface area contributed by atoms with Crippen molar-refractivity contribution in [1.29, 1.82) is 0 Å². The zero-order valence-corrected chi connectivity index (χ0v) is 12.7. The fourth-order valence-corrected chi connectivity index (χ4v) is 2.67. The molecule has 0 spiro atoms. The predicted octanol–water partition coefficient (Wildman–Crippen LogP) is 4.64. The lowest BCUT2D eigenvalue weighted by atomic mass is 9.87. The van der Waals surface area contributed by atoms with Crippen LogP contribution in [0.2, 0.25) is 10.0 Å². The summed E-state index contributed by atoms with van der Waals surface area (Å²) in [6, 6.07) is 11.8. The molecule has 0 bridgehead atoms. The van der Waals surface area contributed by atoms with Gasteiger partial charge in [-0.05, 0) is 61.2 Å². The van der Waals surface area contributed by atoms with Crippen molar-refractivity contribution in [1.82, 2.24) is 0 Å². The third kappa shape index (κ3) is 4.20. The first-order chi connectivity index (χ1) is 9.35. The van der Waals surface area contributed by atoms with E-state index in [1.54, 1.807) is 18.2 Å². The third-order valence-corrected chi connectivity index (χ3v) is 3.70. The van der Waals surface area contributed by atoms with Crippen molar-refractivity contribution in [3.05, 3.63) is 69.5 Å². The fourth-order valence-electron chi connectivity index (χ4n) is 2.29. The van der Waals surface area contributed by atoms with Crippen LogP contribution in [0.4, 0.5) is 4.39 Å². The first-order valence-electron chi connectivity index (χ1n) is 6.33. The monoisotopic (exact) mass is 311 g/mol. The van der Waals surface area contributed by atoms with Crippen LogP contribution in [0, 0.1) is 5.82 Å². The van der Waals surface area contributed by atoms with Gasteiger partial charge in [0.25, 0.3) is 0 Å². The van der Waals surface area contributed by atoms with Gasteiger partial charge in [-0.25, -0.2) is 4.39 Å². The molecule has 2 N–H and O–H groups in total. The van der Waals surface area contributed by atoms with E-state index in [0.29, 0.717) is 22.9 Å². The molecule has 0 aliphatic heterocycles. The Kier molecular flexibility index (Phi) is 4.69. The molecule has 20 heavy (non-hydrogen) atoms. The Balaban J connectivity index is 2.16. The van der Waals surface area contributed by atoms with Gasteiger partial charge in [0.1, 0.15) is 5.82 Å². The average Bonchev–Trinajstić information content (AvgIpc) is 2.33. The number of hydrogen-bond donors (Lipinski definition) is 1. The Morgan fingerprint density at radius 3 is 2.55 bits per heavy atom. The number of nitrogens with two attached hydrogens (primary N) is 1. The van der Waals surface area contributed by atoms with Crippen molar-refractivity contribution in [3.8, 4) is 0 Å². The lowest BCUT2D eigenvalue weighted by Crippen LogP contribution is -2.41. The van der Waals surface area contributed by atoms with Gasteiger partial charge in [0.15, 0.2) is 0 Å². The van der Waals surface area contributed by atoms with Crippen LogP contribution >= 0.6 is 23.2 Å². The van der Waals surface area contributed by atoms with Crippen LogP contribution in [0.5, 0.6) is 0 Å². The molecule has 2 aromatic rings. The van der Waals surface area contributed by atoms with E-state index in [0.717, 1.165) is 11.1 Å². The zero-order chi connectivity index (χ0) is 14.8. The molecule has 0 amide bonds. The Hall–Kier alpha value is -1.09. The van der Waals surface area contributed by atoms with Crippen molar-refractivity contribution in [2.24, 2.45) is 5.73 Å². The summed E-state index contributed by atoms with van der Waals surface area (Å²) in [5.41, 5.74) is 7.57. The van der Waals surface area contributed by atoms with Gasteiger partial charge in [-0.3, -0.25) is 0 Å². The average molecular weight is 312 g/mol. The highest BCUT2D eigenvalue weighted by atomic mass is 35.5. The molecule has 0 radical (unpaired) electrons. The highest BCUT2D eigenvalue weighted by molar-refractivity contribution is 6.33. The Labute approximate surface area is 128 Å². The van der Waals surface area contributed by atoms with Crippen molar-refractivity contribution < 1.29 is 4.39 Å². The van der Waals surface area contributed by atoms with Gasteiger partial charge in [-0.1, -0.05) is 35.3 Å². The van der Waals surface area contributed by atoms with E-state index in [9.17, 15) is 4.39 Å². The smallest absolute Gasteiger partial charge is 0.123 e. The molecule has 1 nitrogen and oxygen atoms in total. The molecule has 0 heterocycles. The van der Waals surface area contributed by atoms with Gasteiger partial charge >= 0.3 is 0 Å². The van der Waals surface area contributed by atoms with Crippen LogP contribution in [-0.2, 0) is 12.8 Å². The minimum atomic E-state index is -0.526. The molecule has 0 aliphatic carbocycles. The second-order valence-electron chi connectivity index (χ2n) is 5.37. The second kappa shape index (κ2) is 6.13. The van der Waals surface area contributed by atoms with E-state index in [1.807, 2.05) is 19.1 Å². The standard InChI is InChI=1S/C16H16Cl2FN/c1-16(20,9-11-3-2-4-14(19)7-11)10-12-8-13(17)5-6-15(12)18/h2-8H,9-10,20H2,1H3. The topological polar surface area (TPSA) is 26.0 Å². The summed E-state index contributed by atoms with van der Waals surface area (Å²) in [4.78, 5) is 0. The number of benzene rings is 2. The summed E-state index contributed by atoms with van der Waals surface area (Å²) < 4.78 is 13.2. The highest BCUT2D eigenvalue weighted by Crippen LogP contribution is 2.25. The third-order valence-electron chi connectivity index (χ3n) is 3.10. The molecule has 2 rings (SSSR count). The fraction of sp³-hybridized carbons (Fsp3) is 0.250. The summed E-state index contributed by atoms with van der Waals surface area (Å²) >= 11 is 12.1. The van der Waals surface area contributed by atoms with E-state index in [1.165, 1.54) is 12.1 Å². The molecule has 0 aliphatic rings. The minimum Gasteiger partial charge on any atom is -0.325 e. The SMILES string of the molecule is CC(N)(Cc1cccc(F)c1)Cc1cc(Cl)ccc1Cl. The van der Waals surface area contributed by atoms with Gasteiger partial charge in [0, 0.05) is 15.6 Å². The Morgan fingerprint density at radius 1 is 1.10 bits per heavy atom. The van der Waals surface area contributed by atoms with Crippen molar-refractivity contribution in [2.45, 2.75) is 25.3 Å². The summed E-state index contributed by atoms with van der Waals surface area (Å²) in [6.45, 7) is 1.93. The van der Waals surface area contributed by atoms with Crippen LogP contribution in [0.15, 0.2) is 42.5 Å². The van der Waals surface area contributed by atoms with E-state index in [-0.39, 0.29) is 5.82 Å². The quantitative estimate of drug-likeness (QED) is 0.875. The molecule has 4 heteroatoms. The summed E-state index contributed by atoms with van der Waals surface area (Å²) in [5, 5.41) is 1.27. The Morgan fingerprint density at radius 2 is 1.85 bits per heavy atom. The number of halogens is 3. The lowest BCUT2D eigenvalue weighted by molar-refractivity contribution is 0.461. The molecule has 0 saturated carbocycles. The zero-order valence-electron chi connectivity index (χ0n) is 11.2. The highest BCUT2D eigenvalue weighted by Gasteiger charge is 2.21. The summed E-state index contributed by atoms with van der Waals surface area (Å²) in [6.07, 6.45) is 1.14. The van der Waals surface area contributed by atoms with Crippen LogP contribution in [-0.4, -0.2) is 5.54 Å². The van der Waals surface area contributed by atoms with Gasteiger partial charge in [-0.15, -0.1) is 0 Å². The van der Waals surface area contributed by atoms with Gasteiger partial charge in [-0.2, -0.15) is 0 Å². The van der Waals surface area contributed by atoms with E-state index in [4.69, 9.17) is 28.9 Å². The molecule has 1 atom stereocenters. The van der Waals surface area contributed by atoms with Crippen LogP contribution in [0.25, 0.3) is 0 Å². The maximum absolute atomic E-state index is 13.2. The van der Waals surface area contributed by atoms with Crippen LogP contribution in [0.1, 0.15) is 18.1 Å². The molecule has 0 saturated heterocycles. The van der Waals surface area contributed by atoms with Crippen molar-refractivity contribution in [2.75, 3.05) is 0 Å². The van der Waals surface area contributed by atoms with E-state index >= 15 is 0 Å². The van der Waals surface area contributed by atoms with Crippen molar-refractivity contribution in [3.63, 3.8) is 0 Å². The molecular formula is C16H16Cl2FN. The molecule has 1 unspecified atom stereocenters. The first kappa shape index (κ1) is 15.3. The van der Waals surface area contributed by atoms with E-state index in [2.05, 4.69) is 0 Å². The lowest BCUT2D eigenvalue weighted by Gasteiger charge is -2.25. The van der Waals surface area contributed by atoms with Gasteiger partial charge < -0.3 is 5.73 Å². The van der Waals surface area contributed by atoms with Gasteiger partial charge in [0.2, 0.25) is 0 Å². The normalized spacial score (nSPS) is 14.1. The maximum Gasteiger partial charge on any atom is 0.123 e. The van der Waals surface area contributed by atoms with Crippen LogP contribution < -0.4 is 5.73 Å². The molecule has 106 valence electrons. The van der Waals surface area contributed by atoms with E-state index < -0.39 is 5.54 Å². The van der Waals surface area contributed by atoms with Crippen LogP contribution in [0.3, 0.4) is 0 Å².